The molecule has 9 heteroatoms. The normalized spacial score (nSPS) is 15.5. The Labute approximate surface area is 169 Å². The number of hydrogen-bond donors (Lipinski definition) is 2. The van der Waals surface area contributed by atoms with Crippen molar-refractivity contribution in [3.8, 4) is 0 Å². The van der Waals surface area contributed by atoms with Crippen LogP contribution in [0.3, 0.4) is 0 Å². The molecule has 0 aromatic heterocycles. The topological polar surface area (TPSA) is 66.1 Å². The van der Waals surface area contributed by atoms with Crippen LogP contribution in [0.25, 0.3) is 0 Å². The molecular formula is C17H30N5OPS2. The molecule has 3 N–H and O–H groups in total. The van der Waals surface area contributed by atoms with Gasteiger partial charge < -0.3 is 20.7 Å². The number of benzene rings is 1. The van der Waals surface area contributed by atoms with E-state index in [0.717, 1.165) is 50.8 Å². The van der Waals surface area contributed by atoms with Crippen molar-refractivity contribution < 1.29 is 4.74 Å². The fourth-order valence-electron chi connectivity index (χ4n) is 2.64. The number of hydrogen-bond acceptors (Lipinski definition) is 5. The van der Waals surface area contributed by atoms with E-state index < -0.39 is 0 Å². The van der Waals surface area contributed by atoms with Crippen LogP contribution in [0.4, 0.5) is 11.4 Å². The SMILES string of the molecule is CCSC(N)=NC(=S)Nc1ccc(N2CCN(CCOC)CC2)cc1.P. The second-order valence-electron chi connectivity index (χ2n) is 5.68. The van der Waals surface area contributed by atoms with Crippen molar-refractivity contribution in [2.45, 2.75) is 6.92 Å². The van der Waals surface area contributed by atoms with Gasteiger partial charge in [0.25, 0.3) is 0 Å². The molecule has 26 heavy (non-hydrogen) atoms. The van der Waals surface area contributed by atoms with Crippen molar-refractivity contribution in [1.29, 1.82) is 0 Å². The van der Waals surface area contributed by atoms with E-state index in [1.165, 1.54) is 17.4 Å². The average Bonchev–Trinajstić information content (AvgIpc) is 2.61. The van der Waals surface area contributed by atoms with Crippen LogP contribution in [-0.2, 0) is 4.74 Å². The summed E-state index contributed by atoms with van der Waals surface area (Å²) in [5, 5.41) is 3.98. The van der Waals surface area contributed by atoms with Crippen LogP contribution in [0.2, 0.25) is 0 Å². The molecule has 0 saturated carbocycles. The van der Waals surface area contributed by atoms with Crippen molar-refractivity contribution in [3.63, 3.8) is 0 Å². The smallest absolute Gasteiger partial charge is 0.199 e. The first kappa shape index (κ1) is 23.1. The van der Waals surface area contributed by atoms with Gasteiger partial charge in [-0.15, -0.1) is 0 Å². The summed E-state index contributed by atoms with van der Waals surface area (Å²) in [5.41, 5.74) is 7.92. The van der Waals surface area contributed by atoms with Crippen LogP contribution in [0.1, 0.15) is 6.92 Å². The number of anilines is 2. The fourth-order valence-corrected chi connectivity index (χ4v) is 3.36. The van der Waals surface area contributed by atoms with Gasteiger partial charge in [0.05, 0.1) is 6.61 Å². The molecule has 1 aliphatic rings. The molecule has 1 saturated heterocycles. The predicted molar refractivity (Wildman–Crippen MR) is 124 cm³/mol. The first-order valence-corrected chi connectivity index (χ1v) is 9.86. The van der Waals surface area contributed by atoms with Crippen LogP contribution >= 0.6 is 33.9 Å². The van der Waals surface area contributed by atoms with E-state index in [0.29, 0.717) is 10.3 Å². The molecule has 0 amide bonds. The number of thioether (sulfide) groups is 1. The van der Waals surface area contributed by atoms with E-state index in [1.54, 1.807) is 7.11 Å². The number of amidine groups is 1. The second-order valence-corrected chi connectivity index (χ2v) is 7.35. The quantitative estimate of drug-likeness (QED) is 0.320. The zero-order valence-corrected chi connectivity index (χ0v) is 18.7. The molecule has 1 atom stereocenters. The molecule has 1 heterocycles. The molecule has 0 aliphatic carbocycles. The lowest BCUT2D eigenvalue weighted by atomic mass is 10.2. The highest BCUT2D eigenvalue weighted by atomic mass is 32.2. The summed E-state index contributed by atoms with van der Waals surface area (Å²) in [7, 11) is 1.75. The number of piperazine rings is 1. The third-order valence-corrected chi connectivity index (χ3v) is 4.84. The summed E-state index contributed by atoms with van der Waals surface area (Å²) in [6.07, 6.45) is 0. The standard InChI is InChI=1S/C17H27N5OS2.H3P/c1-3-25-16(18)20-17(24)19-14-4-6-15(7-5-14)22-10-8-21(9-11-22)12-13-23-2;/h4-7H,3,8-13H2,1-2H3,(H3,18,19,20,24);1H3. The van der Waals surface area contributed by atoms with Gasteiger partial charge in [0.15, 0.2) is 10.3 Å². The maximum Gasteiger partial charge on any atom is 0.199 e. The van der Waals surface area contributed by atoms with Gasteiger partial charge in [0.2, 0.25) is 0 Å². The van der Waals surface area contributed by atoms with E-state index in [4.69, 9.17) is 22.7 Å². The minimum absolute atomic E-state index is 0. The number of ether oxygens (including phenoxy) is 1. The third kappa shape index (κ3) is 7.76. The van der Waals surface area contributed by atoms with Gasteiger partial charge in [-0.25, -0.2) is 0 Å². The molecule has 6 nitrogen and oxygen atoms in total. The van der Waals surface area contributed by atoms with Gasteiger partial charge in [0, 0.05) is 51.2 Å². The van der Waals surface area contributed by atoms with Gasteiger partial charge in [-0.1, -0.05) is 18.7 Å². The average molecular weight is 416 g/mol. The minimum atomic E-state index is 0. The third-order valence-electron chi connectivity index (χ3n) is 3.97. The lowest BCUT2D eigenvalue weighted by Gasteiger charge is -2.36. The van der Waals surface area contributed by atoms with Crippen molar-refractivity contribution >= 4 is 55.5 Å². The Bertz CT molecular complexity index is 577. The minimum Gasteiger partial charge on any atom is -0.383 e. The van der Waals surface area contributed by atoms with E-state index in [2.05, 4.69) is 32.2 Å². The van der Waals surface area contributed by atoms with Gasteiger partial charge in [-0.3, -0.25) is 4.90 Å². The van der Waals surface area contributed by atoms with Gasteiger partial charge in [0.1, 0.15) is 0 Å². The Kier molecular flexibility index (Phi) is 11.1. The van der Waals surface area contributed by atoms with Crippen molar-refractivity contribution in [2.75, 3.05) is 62.4 Å². The lowest BCUT2D eigenvalue weighted by Crippen LogP contribution is -2.47. The zero-order valence-electron chi connectivity index (χ0n) is 15.6. The molecule has 0 radical (unpaired) electrons. The number of nitrogens with two attached hydrogens (primary N) is 1. The Balaban J connectivity index is 0.00000338. The van der Waals surface area contributed by atoms with E-state index in [9.17, 15) is 0 Å². The van der Waals surface area contributed by atoms with Crippen LogP contribution in [-0.4, -0.2) is 67.4 Å². The molecular weight excluding hydrogens is 385 g/mol. The molecule has 146 valence electrons. The van der Waals surface area contributed by atoms with E-state index >= 15 is 0 Å². The maximum absolute atomic E-state index is 5.77. The number of nitrogens with one attached hydrogen (secondary N) is 1. The Hall–Kier alpha value is -0.920. The van der Waals surface area contributed by atoms with E-state index in [-0.39, 0.29) is 9.90 Å². The highest BCUT2D eigenvalue weighted by molar-refractivity contribution is 8.13. The van der Waals surface area contributed by atoms with Crippen molar-refractivity contribution in [2.24, 2.45) is 10.7 Å². The Morgan fingerprint density at radius 1 is 1.27 bits per heavy atom. The lowest BCUT2D eigenvalue weighted by molar-refractivity contribution is 0.144. The number of rotatable bonds is 6. The van der Waals surface area contributed by atoms with E-state index in [1.807, 2.05) is 19.1 Å². The first-order valence-electron chi connectivity index (χ1n) is 8.46. The van der Waals surface area contributed by atoms with Gasteiger partial charge in [-0.05, 0) is 42.2 Å². The first-order chi connectivity index (χ1) is 12.1. The predicted octanol–water partition coefficient (Wildman–Crippen LogP) is 2.28. The highest BCUT2D eigenvalue weighted by Crippen LogP contribution is 2.19. The van der Waals surface area contributed by atoms with Crippen LogP contribution in [0, 0.1) is 0 Å². The molecule has 1 aliphatic heterocycles. The molecule has 0 spiro atoms. The van der Waals surface area contributed by atoms with Crippen molar-refractivity contribution in [1.82, 2.24) is 4.90 Å². The number of thiocarbonyl (C=S) groups is 1. The molecule has 1 aromatic rings. The maximum atomic E-state index is 5.77. The molecule has 1 unspecified atom stereocenters. The number of aliphatic imine (C=N–C) groups is 1. The van der Waals surface area contributed by atoms with Gasteiger partial charge in [-0.2, -0.15) is 14.9 Å². The van der Waals surface area contributed by atoms with Crippen LogP contribution in [0.15, 0.2) is 29.3 Å². The largest absolute Gasteiger partial charge is 0.383 e. The number of methoxy groups -OCH3 is 1. The summed E-state index contributed by atoms with van der Waals surface area (Å²) in [4.78, 5) is 9.00. The molecule has 2 rings (SSSR count). The monoisotopic (exact) mass is 415 g/mol. The fraction of sp³-hybridized carbons (Fsp3) is 0.529. The van der Waals surface area contributed by atoms with Gasteiger partial charge >= 0.3 is 0 Å². The van der Waals surface area contributed by atoms with Crippen molar-refractivity contribution in [3.05, 3.63) is 24.3 Å². The molecule has 1 fully saturated rings. The summed E-state index contributed by atoms with van der Waals surface area (Å²) in [6, 6.07) is 8.28. The summed E-state index contributed by atoms with van der Waals surface area (Å²) in [6.45, 7) is 8.02. The van der Waals surface area contributed by atoms with Crippen LogP contribution in [0.5, 0.6) is 0 Å². The Morgan fingerprint density at radius 3 is 2.50 bits per heavy atom. The summed E-state index contributed by atoms with van der Waals surface area (Å²) < 4.78 is 5.15. The highest BCUT2D eigenvalue weighted by Gasteiger charge is 2.16. The number of nitrogens with zero attached hydrogens (tertiary/aromatic N) is 3. The molecule has 0 bridgehead atoms. The summed E-state index contributed by atoms with van der Waals surface area (Å²) in [5.74, 6) is 0.880. The zero-order chi connectivity index (χ0) is 18.1. The second kappa shape index (κ2) is 12.5. The Morgan fingerprint density at radius 2 is 1.92 bits per heavy atom. The summed E-state index contributed by atoms with van der Waals surface area (Å²) >= 11 is 6.69. The molecule has 1 aromatic carbocycles. The van der Waals surface area contributed by atoms with Crippen LogP contribution < -0.4 is 16.0 Å².